The number of sulfonamides is 1. The molecule has 0 radical (unpaired) electrons. The topological polar surface area (TPSA) is 68.3 Å². The number of halogens is 3. The van der Waals surface area contributed by atoms with Gasteiger partial charge in [-0.2, -0.15) is 17.9 Å². The lowest BCUT2D eigenvalue weighted by Gasteiger charge is -2.09. The van der Waals surface area contributed by atoms with Gasteiger partial charge in [0.05, 0.1) is 22.5 Å². The Labute approximate surface area is 165 Å². The van der Waals surface area contributed by atoms with Gasteiger partial charge in [-0.25, -0.2) is 8.42 Å². The summed E-state index contributed by atoms with van der Waals surface area (Å²) in [7, 11) is -4.11. The van der Waals surface area contributed by atoms with E-state index in [0.29, 0.717) is 11.8 Å². The number of aromatic nitrogens is 1. The summed E-state index contributed by atoms with van der Waals surface area (Å²) in [6, 6.07) is 12.6. The average Bonchev–Trinajstić information content (AvgIpc) is 2.70. The van der Waals surface area contributed by atoms with Crippen molar-refractivity contribution >= 4 is 20.9 Å². The molecule has 5 nitrogen and oxygen atoms in total. The molecule has 0 spiro atoms. The average molecular weight is 420 g/mol. The zero-order chi connectivity index (χ0) is 20.9. The van der Waals surface area contributed by atoms with Crippen LogP contribution in [0.2, 0.25) is 0 Å². The first-order valence-corrected chi connectivity index (χ1v) is 9.84. The molecule has 29 heavy (non-hydrogen) atoms. The number of pyridine rings is 1. The molecule has 150 valence electrons. The van der Waals surface area contributed by atoms with Gasteiger partial charge in [0, 0.05) is 17.6 Å². The van der Waals surface area contributed by atoms with Crippen LogP contribution in [0.1, 0.15) is 5.56 Å². The van der Waals surface area contributed by atoms with Gasteiger partial charge in [-0.1, -0.05) is 24.0 Å². The molecule has 2 aromatic carbocycles. The van der Waals surface area contributed by atoms with Gasteiger partial charge in [0.15, 0.2) is 0 Å². The van der Waals surface area contributed by atoms with Crippen LogP contribution in [0.25, 0.3) is 10.9 Å². The second-order valence-electron chi connectivity index (χ2n) is 5.85. The number of fused-ring (bicyclic) bond motifs is 1. The molecule has 0 aliphatic rings. The van der Waals surface area contributed by atoms with Crippen LogP contribution in [0.3, 0.4) is 0 Å². The predicted molar refractivity (Wildman–Crippen MR) is 102 cm³/mol. The number of nitrogens with zero attached hydrogens (tertiary/aromatic N) is 1. The van der Waals surface area contributed by atoms with Gasteiger partial charge >= 0.3 is 6.18 Å². The summed E-state index contributed by atoms with van der Waals surface area (Å²) in [6.45, 7) is -0.245. The first-order chi connectivity index (χ1) is 13.8. The van der Waals surface area contributed by atoms with Crippen molar-refractivity contribution in [3.05, 3.63) is 66.4 Å². The molecule has 1 aromatic heterocycles. The van der Waals surface area contributed by atoms with Crippen LogP contribution in [0.4, 0.5) is 13.2 Å². The van der Waals surface area contributed by atoms with Crippen molar-refractivity contribution in [3.63, 3.8) is 0 Å². The Kier molecular flexibility index (Phi) is 6.06. The van der Waals surface area contributed by atoms with Crippen LogP contribution in [0, 0.1) is 11.8 Å². The largest absolute Gasteiger partial charge is 0.481 e. The Morgan fingerprint density at radius 3 is 2.66 bits per heavy atom. The molecule has 3 rings (SSSR count). The van der Waals surface area contributed by atoms with Gasteiger partial charge < -0.3 is 4.74 Å². The minimum absolute atomic E-state index is 0.0175. The van der Waals surface area contributed by atoms with Crippen molar-refractivity contribution in [1.29, 1.82) is 0 Å². The summed E-state index contributed by atoms with van der Waals surface area (Å²) < 4.78 is 70.0. The Morgan fingerprint density at radius 1 is 1.03 bits per heavy atom. The van der Waals surface area contributed by atoms with Crippen molar-refractivity contribution in [2.24, 2.45) is 0 Å². The number of alkyl halides is 3. The van der Waals surface area contributed by atoms with E-state index >= 15 is 0 Å². The first kappa shape index (κ1) is 20.6. The van der Waals surface area contributed by atoms with E-state index < -0.39 is 26.7 Å². The maximum Gasteiger partial charge on any atom is 0.416 e. The highest BCUT2D eigenvalue weighted by molar-refractivity contribution is 7.89. The molecule has 0 bridgehead atoms. The Bertz CT molecular complexity index is 1180. The number of ether oxygens (including phenoxy) is 1. The summed E-state index contributed by atoms with van der Waals surface area (Å²) in [5, 5.41) is 0.968. The molecule has 3 aromatic rings. The van der Waals surface area contributed by atoms with E-state index in [-0.39, 0.29) is 13.2 Å². The zero-order valence-corrected chi connectivity index (χ0v) is 15.7. The van der Waals surface area contributed by atoms with E-state index in [1.165, 1.54) is 0 Å². The zero-order valence-electron chi connectivity index (χ0n) is 14.9. The summed E-state index contributed by atoms with van der Waals surface area (Å²) in [6.07, 6.45) is -2.95. The van der Waals surface area contributed by atoms with Gasteiger partial charge in [0.1, 0.15) is 12.4 Å². The second-order valence-corrected chi connectivity index (χ2v) is 7.62. The molecule has 1 N–H and O–H groups in total. The maximum absolute atomic E-state index is 12.7. The fraction of sp³-hybridized carbons (Fsp3) is 0.150. The standard InChI is InChI=1S/C20H15F3N2O3S/c21-20(22,23)16-6-3-7-18(13-16)29(26,27)25-11-1-2-12-28-17-9-8-15-5-4-10-24-19(15)14-17/h3-10,13-14,25H,11-12H2. The van der Waals surface area contributed by atoms with E-state index in [0.717, 1.165) is 29.1 Å². The highest BCUT2D eigenvalue weighted by Crippen LogP contribution is 2.30. The Hall–Kier alpha value is -3.09. The highest BCUT2D eigenvalue weighted by Gasteiger charge is 2.31. The van der Waals surface area contributed by atoms with E-state index in [4.69, 9.17) is 4.74 Å². The lowest BCUT2D eigenvalue weighted by Crippen LogP contribution is -2.24. The molecule has 1 heterocycles. The van der Waals surface area contributed by atoms with Crippen molar-refractivity contribution in [2.45, 2.75) is 11.1 Å². The first-order valence-electron chi connectivity index (χ1n) is 8.36. The van der Waals surface area contributed by atoms with E-state index in [2.05, 4.69) is 21.5 Å². The number of rotatable bonds is 5. The fourth-order valence-electron chi connectivity index (χ4n) is 2.42. The molecule has 0 saturated heterocycles. The van der Waals surface area contributed by atoms with Crippen LogP contribution >= 0.6 is 0 Å². The minimum atomic E-state index is -4.62. The summed E-state index contributed by atoms with van der Waals surface area (Å²) in [5.41, 5.74) is -0.267. The maximum atomic E-state index is 12.7. The number of benzene rings is 2. The summed E-state index contributed by atoms with van der Waals surface area (Å²) in [4.78, 5) is 3.74. The van der Waals surface area contributed by atoms with Crippen LogP contribution in [0.15, 0.2) is 65.7 Å². The molecular weight excluding hydrogens is 405 g/mol. The molecule has 0 aliphatic carbocycles. The minimum Gasteiger partial charge on any atom is -0.481 e. The second kappa shape index (κ2) is 8.51. The lowest BCUT2D eigenvalue weighted by molar-refractivity contribution is -0.137. The SMILES string of the molecule is O=S(=O)(NCC#CCOc1ccc2cccnc2c1)c1cccc(C(F)(F)F)c1. The van der Waals surface area contributed by atoms with Crippen LogP contribution in [0.5, 0.6) is 5.75 Å². The molecule has 9 heteroatoms. The van der Waals surface area contributed by atoms with Crippen LogP contribution < -0.4 is 9.46 Å². The smallest absolute Gasteiger partial charge is 0.416 e. The Morgan fingerprint density at radius 2 is 1.86 bits per heavy atom. The van der Waals surface area contributed by atoms with E-state index in [1.807, 2.05) is 18.2 Å². The van der Waals surface area contributed by atoms with Crippen molar-refractivity contribution in [2.75, 3.05) is 13.2 Å². The van der Waals surface area contributed by atoms with Gasteiger partial charge in [0.25, 0.3) is 0 Å². The van der Waals surface area contributed by atoms with Gasteiger partial charge in [-0.15, -0.1) is 0 Å². The van der Waals surface area contributed by atoms with Crippen LogP contribution in [-0.4, -0.2) is 26.6 Å². The van der Waals surface area contributed by atoms with Crippen molar-refractivity contribution in [3.8, 4) is 17.6 Å². The third-order valence-corrected chi connectivity index (χ3v) is 5.23. The number of hydrogen-bond donors (Lipinski definition) is 1. The normalized spacial score (nSPS) is 11.7. The van der Waals surface area contributed by atoms with Crippen LogP contribution in [-0.2, 0) is 16.2 Å². The highest BCUT2D eigenvalue weighted by atomic mass is 32.2. The third-order valence-electron chi connectivity index (χ3n) is 3.84. The molecule has 0 aliphatic heterocycles. The third kappa shape index (κ3) is 5.47. The Balaban J connectivity index is 1.55. The number of nitrogens with one attached hydrogen (secondary N) is 1. The van der Waals surface area contributed by atoms with Crippen molar-refractivity contribution < 1.29 is 26.3 Å². The molecule has 0 fully saturated rings. The molecule has 0 amide bonds. The summed E-state index contributed by atoms with van der Waals surface area (Å²) >= 11 is 0. The molecule has 0 saturated carbocycles. The van der Waals surface area contributed by atoms with Gasteiger partial charge in [-0.3, -0.25) is 4.98 Å². The molecule has 0 unspecified atom stereocenters. The molecule has 0 atom stereocenters. The fourth-order valence-corrected chi connectivity index (χ4v) is 3.39. The van der Waals surface area contributed by atoms with E-state index in [1.54, 1.807) is 18.3 Å². The quantitative estimate of drug-likeness (QED) is 0.641. The predicted octanol–water partition coefficient (Wildman–Crippen LogP) is 3.61. The van der Waals surface area contributed by atoms with Gasteiger partial charge in [-0.05, 0) is 36.4 Å². The number of hydrogen-bond acceptors (Lipinski definition) is 4. The lowest BCUT2D eigenvalue weighted by atomic mass is 10.2. The molecular formula is C20H15F3N2O3S. The van der Waals surface area contributed by atoms with Gasteiger partial charge in [0.2, 0.25) is 10.0 Å². The van der Waals surface area contributed by atoms with Crippen molar-refractivity contribution in [1.82, 2.24) is 9.71 Å². The summed E-state index contributed by atoms with van der Waals surface area (Å²) in [5.74, 6) is 5.77. The van der Waals surface area contributed by atoms with E-state index in [9.17, 15) is 21.6 Å². The monoisotopic (exact) mass is 420 g/mol.